The Kier molecular flexibility index (Phi) is 4.51. The first kappa shape index (κ1) is 12.4. The molecule has 0 N–H and O–H groups in total. The lowest BCUT2D eigenvalue weighted by Gasteiger charge is -2.06. The number of aldehydes is 1. The summed E-state index contributed by atoms with van der Waals surface area (Å²) >= 11 is 3.54. The standard InChI is InChI=1S/C11H17BrN2O/c1-4-14-10(6-5-8(2)7-15)11(12)9(3)13-14/h7-8H,4-6H2,1-3H3. The van der Waals surface area contributed by atoms with Gasteiger partial charge in [0.25, 0.3) is 0 Å². The van der Waals surface area contributed by atoms with E-state index in [1.165, 1.54) is 5.69 Å². The van der Waals surface area contributed by atoms with Gasteiger partial charge in [0.15, 0.2) is 0 Å². The van der Waals surface area contributed by atoms with Crippen molar-refractivity contribution in [3.63, 3.8) is 0 Å². The van der Waals surface area contributed by atoms with Crippen LogP contribution in [0, 0.1) is 12.8 Å². The van der Waals surface area contributed by atoms with E-state index in [-0.39, 0.29) is 5.92 Å². The Bertz CT molecular complexity index is 347. The van der Waals surface area contributed by atoms with E-state index >= 15 is 0 Å². The van der Waals surface area contributed by atoms with Crippen molar-refractivity contribution < 1.29 is 4.79 Å². The van der Waals surface area contributed by atoms with Crippen molar-refractivity contribution in [2.45, 2.75) is 40.2 Å². The van der Waals surface area contributed by atoms with Gasteiger partial charge in [-0.3, -0.25) is 4.68 Å². The number of rotatable bonds is 5. The minimum absolute atomic E-state index is 0.123. The van der Waals surface area contributed by atoms with Crippen molar-refractivity contribution in [1.82, 2.24) is 9.78 Å². The second-order valence-electron chi connectivity index (χ2n) is 3.81. The normalized spacial score (nSPS) is 12.8. The molecule has 0 amide bonds. The molecule has 0 fully saturated rings. The van der Waals surface area contributed by atoms with Gasteiger partial charge >= 0.3 is 0 Å². The van der Waals surface area contributed by atoms with Crippen LogP contribution in [-0.4, -0.2) is 16.1 Å². The first-order valence-electron chi connectivity index (χ1n) is 5.27. The summed E-state index contributed by atoms with van der Waals surface area (Å²) in [5.41, 5.74) is 2.22. The van der Waals surface area contributed by atoms with Crippen molar-refractivity contribution in [3.8, 4) is 0 Å². The number of hydrogen-bond donors (Lipinski definition) is 0. The van der Waals surface area contributed by atoms with Gasteiger partial charge in [0.2, 0.25) is 0 Å². The fraction of sp³-hybridized carbons (Fsp3) is 0.636. The van der Waals surface area contributed by atoms with E-state index in [4.69, 9.17) is 0 Å². The topological polar surface area (TPSA) is 34.9 Å². The molecule has 0 aromatic carbocycles. The lowest BCUT2D eigenvalue weighted by atomic mass is 10.1. The molecule has 0 aliphatic carbocycles. The molecule has 0 bridgehead atoms. The molecule has 84 valence electrons. The Hall–Kier alpha value is -0.640. The molecule has 1 rings (SSSR count). The summed E-state index contributed by atoms with van der Waals surface area (Å²) in [6.45, 7) is 6.88. The maximum Gasteiger partial charge on any atom is 0.122 e. The van der Waals surface area contributed by atoms with E-state index in [0.29, 0.717) is 0 Å². The van der Waals surface area contributed by atoms with Gasteiger partial charge in [-0.2, -0.15) is 5.10 Å². The highest BCUT2D eigenvalue weighted by atomic mass is 79.9. The van der Waals surface area contributed by atoms with Crippen LogP contribution in [0.3, 0.4) is 0 Å². The number of carbonyl (C=O) groups excluding carboxylic acids is 1. The highest BCUT2D eigenvalue weighted by molar-refractivity contribution is 9.10. The van der Waals surface area contributed by atoms with Gasteiger partial charge in [-0.1, -0.05) is 6.92 Å². The predicted octanol–water partition coefficient (Wildman–Crippen LogP) is 2.74. The summed E-state index contributed by atoms with van der Waals surface area (Å²) in [4.78, 5) is 10.5. The van der Waals surface area contributed by atoms with Gasteiger partial charge in [0, 0.05) is 12.5 Å². The zero-order valence-corrected chi connectivity index (χ0v) is 11.0. The smallest absolute Gasteiger partial charge is 0.122 e. The van der Waals surface area contributed by atoms with Crippen LogP contribution in [0.1, 0.15) is 31.7 Å². The minimum atomic E-state index is 0.123. The Balaban J connectivity index is 2.78. The summed E-state index contributed by atoms with van der Waals surface area (Å²) in [5.74, 6) is 0.123. The van der Waals surface area contributed by atoms with Crippen molar-refractivity contribution in [1.29, 1.82) is 0 Å². The number of hydrogen-bond acceptors (Lipinski definition) is 2. The molecular weight excluding hydrogens is 256 g/mol. The lowest BCUT2D eigenvalue weighted by molar-refractivity contribution is -0.110. The van der Waals surface area contributed by atoms with Crippen molar-refractivity contribution in [3.05, 3.63) is 15.9 Å². The van der Waals surface area contributed by atoms with Gasteiger partial charge in [0.05, 0.1) is 15.9 Å². The van der Waals surface area contributed by atoms with Crippen LogP contribution in [0.4, 0.5) is 0 Å². The summed E-state index contributed by atoms with van der Waals surface area (Å²) in [5, 5.41) is 4.41. The molecular formula is C11H17BrN2O. The molecule has 1 atom stereocenters. The monoisotopic (exact) mass is 272 g/mol. The zero-order valence-electron chi connectivity index (χ0n) is 9.46. The first-order chi connectivity index (χ1) is 7.10. The van der Waals surface area contributed by atoms with Crippen LogP contribution in [0.2, 0.25) is 0 Å². The SMILES string of the molecule is CCn1nc(C)c(Br)c1CCC(C)C=O. The van der Waals surface area contributed by atoms with Gasteiger partial charge in [0.1, 0.15) is 6.29 Å². The minimum Gasteiger partial charge on any atom is -0.303 e. The molecule has 0 spiro atoms. The number of carbonyl (C=O) groups is 1. The van der Waals surface area contributed by atoms with Crippen molar-refractivity contribution >= 4 is 22.2 Å². The van der Waals surface area contributed by atoms with Gasteiger partial charge in [-0.25, -0.2) is 0 Å². The molecule has 1 aromatic heterocycles. The van der Waals surface area contributed by atoms with E-state index in [2.05, 4.69) is 28.0 Å². The van der Waals surface area contributed by atoms with Gasteiger partial charge < -0.3 is 4.79 Å². The number of halogens is 1. The Morgan fingerprint density at radius 1 is 1.60 bits per heavy atom. The Morgan fingerprint density at radius 2 is 2.27 bits per heavy atom. The molecule has 15 heavy (non-hydrogen) atoms. The van der Waals surface area contributed by atoms with E-state index in [1.54, 1.807) is 0 Å². The average molecular weight is 273 g/mol. The average Bonchev–Trinajstić information content (AvgIpc) is 2.52. The molecule has 0 aliphatic rings. The van der Waals surface area contributed by atoms with Crippen LogP contribution in [0.15, 0.2) is 4.47 Å². The van der Waals surface area contributed by atoms with Crippen LogP contribution < -0.4 is 0 Å². The van der Waals surface area contributed by atoms with Crippen LogP contribution in [0.5, 0.6) is 0 Å². The lowest BCUT2D eigenvalue weighted by Crippen LogP contribution is -2.06. The maximum atomic E-state index is 10.5. The van der Waals surface area contributed by atoms with Crippen LogP contribution in [-0.2, 0) is 17.8 Å². The van der Waals surface area contributed by atoms with E-state index in [9.17, 15) is 4.79 Å². The first-order valence-corrected chi connectivity index (χ1v) is 6.06. The van der Waals surface area contributed by atoms with Gasteiger partial charge in [-0.15, -0.1) is 0 Å². The highest BCUT2D eigenvalue weighted by Crippen LogP contribution is 2.23. The highest BCUT2D eigenvalue weighted by Gasteiger charge is 2.12. The quantitative estimate of drug-likeness (QED) is 0.773. The molecule has 1 unspecified atom stereocenters. The molecule has 1 heterocycles. The predicted molar refractivity (Wildman–Crippen MR) is 63.9 cm³/mol. The number of aromatic nitrogens is 2. The summed E-state index contributed by atoms with van der Waals surface area (Å²) in [6.07, 6.45) is 2.79. The zero-order chi connectivity index (χ0) is 11.4. The summed E-state index contributed by atoms with van der Waals surface area (Å²) in [7, 11) is 0. The summed E-state index contributed by atoms with van der Waals surface area (Å²) < 4.78 is 3.08. The number of aryl methyl sites for hydroxylation is 2. The third-order valence-corrected chi connectivity index (χ3v) is 3.55. The Morgan fingerprint density at radius 3 is 2.80 bits per heavy atom. The van der Waals surface area contributed by atoms with Crippen molar-refractivity contribution in [2.75, 3.05) is 0 Å². The molecule has 3 nitrogen and oxygen atoms in total. The molecule has 4 heteroatoms. The summed E-state index contributed by atoms with van der Waals surface area (Å²) in [6, 6.07) is 0. The molecule has 0 aliphatic heterocycles. The second-order valence-corrected chi connectivity index (χ2v) is 4.61. The van der Waals surface area contributed by atoms with Crippen molar-refractivity contribution in [2.24, 2.45) is 5.92 Å². The number of nitrogens with zero attached hydrogens (tertiary/aromatic N) is 2. The molecule has 0 saturated heterocycles. The fourth-order valence-corrected chi connectivity index (χ4v) is 2.02. The molecule has 0 radical (unpaired) electrons. The third kappa shape index (κ3) is 2.91. The fourth-order valence-electron chi connectivity index (χ4n) is 1.54. The van der Waals surface area contributed by atoms with Gasteiger partial charge in [-0.05, 0) is 42.6 Å². The third-order valence-electron chi connectivity index (χ3n) is 2.52. The largest absolute Gasteiger partial charge is 0.303 e. The Labute approximate surface area is 99.0 Å². The maximum absolute atomic E-state index is 10.5. The van der Waals surface area contributed by atoms with E-state index in [1.807, 2.05) is 18.5 Å². The second kappa shape index (κ2) is 5.45. The van der Waals surface area contributed by atoms with Crippen LogP contribution >= 0.6 is 15.9 Å². The molecule has 1 aromatic rings. The van der Waals surface area contributed by atoms with E-state index < -0.39 is 0 Å². The molecule has 0 saturated carbocycles. The van der Waals surface area contributed by atoms with E-state index in [0.717, 1.165) is 35.8 Å². The van der Waals surface area contributed by atoms with Crippen LogP contribution in [0.25, 0.3) is 0 Å².